The van der Waals surface area contributed by atoms with Crippen molar-refractivity contribution in [3.63, 3.8) is 0 Å². The van der Waals surface area contributed by atoms with Gasteiger partial charge in [0.25, 0.3) is 5.78 Å². The molecule has 3 aromatic carbocycles. The second kappa shape index (κ2) is 10.4. The van der Waals surface area contributed by atoms with Gasteiger partial charge in [0.2, 0.25) is 11.9 Å². The Bertz CT molecular complexity index is 1140. The number of ketones is 2. The quantitative estimate of drug-likeness (QED) is 0.294. The van der Waals surface area contributed by atoms with E-state index in [-0.39, 0.29) is 35.8 Å². The molecule has 0 amide bonds. The van der Waals surface area contributed by atoms with Gasteiger partial charge in [-0.1, -0.05) is 60.7 Å². The van der Waals surface area contributed by atoms with Crippen LogP contribution in [0.4, 0.5) is 0 Å². The van der Waals surface area contributed by atoms with E-state index in [1.165, 1.54) is 6.07 Å². The molecule has 1 aliphatic heterocycles. The number of hydrogen-bond acceptors (Lipinski definition) is 7. The molecule has 0 aliphatic carbocycles. The fraction of sp³-hybridized carbons (Fsp3) is 0.160. The van der Waals surface area contributed by atoms with Crippen molar-refractivity contribution in [2.75, 3.05) is 7.11 Å². The van der Waals surface area contributed by atoms with E-state index in [1.54, 1.807) is 6.07 Å². The summed E-state index contributed by atoms with van der Waals surface area (Å²) >= 11 is 0. The minimum Gasteiger partial charge on any atom is -0.489 e. The SMILES string of the molecule is COC(=O)C(=O)C1Oc2cc(OCc3ccccc3)cc(OCc3ccccc3)c2C1=O.O. The molecule has 1 aliphatic rings. The van der Waals surface area contributed by atoms with Gasteiger partial charge in [-0.2, -0.15) is 0 Å². The molecule has 0 saturated carbocycles. The molecule has 170 valence electrons. The molecule has 1 unspecified atom stereocenters. The first kappa shape index (κ1) is 23.5. The first-order valence-corrected chi connectivity index (χ1v) is 9.91. The van der Waals surface area contributed by atoms with Gasteiger partial charge < -0.3 is 24.4 Å². The van der Waals surface area contributed by atoms with Crippen LogP contribution >= 0.6 is 0 Å². The molecule has 8 nitrogen and oxygen atoms in total. The minimum atomic E-state index is -1.61. The Morgan fingerprint density at radius 1 is 0.879 bits per heavy atom. The summed E-state index contributed by atoms with van der Waals surface area (Å²) in [6, 6.07) is 22.1. The topological polar surface area (TPSA) is 120 Å². The maximum absolute atomic E-state index is 12.9. The monoisotopic (exact) mass is 450 g/mol. The van der Waals surface area contributed by atoms with E-state index in [0.717, 1.165) is 18.2 Å². The molecule has 0 fully saturated rings. The highest BCUT2D eigenvalue weighted by atomic mass is 16.5. The summed E-state index contributed by atoms with van der Waals surface area (Å²) < 4.78 is 21.7. The van der Waals surface area contributed by atoms with Crippen molar-refractivity contribution in [3.05, 3.63) is 89.5 Å². The molecular formula is C25H22O8. The highest BCUT2D eigenvalue weighted by Crippen LogP contribution is 2.40. The molecule has 3 aromatic rings. The summed E-state index contributed by atoms with van der Waals surface area (Å²) in [6.07, 6.45) is -1.61. The zero-order valence-corrected chi connectivity index (χ0v) is 17.8. The van der Waals surface area contributed by atoms with Crippen molar-refractivity contribution in [1.82, 2.24) is 0 Å². The van der Waals surface area contributed by atoms with E-state index < -0.39 is 23.6 Å². The predicted molar refractivity (Wildman–Crippen MR) is 117 cm³/mol. The van der Waals surface area contributed by atoms with Gasteiger partial charge in [-0.3, -0.25) is 9.59 Å². The largest absolute Gasteiger partial charge is 0.489 e. The minimum absolute atomic E-state index is 0. The lowest BCUT2D eigenvalue weighted by Crippen LogP contribution is -2.36. The van der Waals surface area contributed by atoms with Crippen molar-refractivity contribution < 1.29 is 38.8 Å². The highest BCUT2D eigenvalue weighted by molar-refractivity contribution is 6.42. The summed E-state index contributed by atoms with van der Waals surface area (Å²) in [5, 5.41) is 0. The number of hydrogen-bond donors (Lipinski definition) is 0. The van der Waals surface area contributed by atoms with E-state index in [9.17, 15) is 14.4 Å². The summed E-state index contributed by atoms with van der Waals surface area (Å²) in [5.41, 5.74) is 1.94. The van der Waals surface area contributed by atoms with E-state index in [1.807, 2.05) is 60.7 Å². The molecule has 1 atom stereocenters. The third kappa shape index (κ3) is 5.19. The Labute approximate surface area is 190 Å². The summed E-state index contributed by atoms with van der Waals surface area (Å²) in [6.45, 7) is 0.481. The number of benzene rings is 3. The van der Waals surface area contributed by atoms with Crippen LogP contribution in [0.5, 0.6) is 17.2 Å². The average molecular weight is 450 g/mol. The third-order valence-corrected chi connectivity index (χ3v) is 4.88. The number of ether oxygens (including phenoxy) is 4. The second-order valence-electron chi connectivity index (χ2n) is 7.06. The van der Waals surface area contributed by atoms with E-state index in [2.05, 4.69) is 4.74 Å². The smallest absolute Gasteiger partial charge is 0.378 e. The van der Waals surface area contributed by atoms with E-state index in [4.69, 9.17) is 14.2 Å². The maximum Gasteiger partial charge on any atom is 0.378 e. The van der Waals surface area contributed by atoms with Gasteiger partial charge in [-0.05, 0) is 11.1 Å². The van der Waals surface area contributed by atoms with Crippen LogP contribution in [0.15, 0.2) is 72.8 Å². The van der Waals surface area contributed by atoms with Crippen molar-refractivity contribution in [1.29, 1.82) is 0 Å². The van der Waals surface area contributed by atoms with Crippen LogP contribution in [0.2, 0.25) is 0 Å². The molecule has 0 spiro atoms. The normalized spacial score (nSPS) is 13.8. The van der Waals surface area contributed by atoms with E-state index in [0.29, 0.717) is 5.75 Å². The number of methoxy groups -OCH3 is 1. The van der Waals surface area contributed by atoms with E-state index >= 15 is 0 Å². The van der Waals surface area contributed by atoms with Gasteiger partial charge in [0.05, 0.1) is 7.11 Å². The maximum atomic E-state index is 12.9. The van der Waals surface area contributed by atoms with Crippen LogP contribution in [-0.4, -0.2) is 36.2 Å². The molecule has 8 heteroatoms. The average Bonchev–Trinajstić information content (AvgIpc) is 3.17. The Morgan fingerprint density at radius 2 is 1.45 bits per heavy atom. The van der Waals surface area contributed by atoms with Crippen LogP contribution in [0.3, 0.4) is 0 Å². The lowest BCUT2D eigenvalue weighted by atomic mass is 10.0. The van der Waals surface area contributed by atoms with Gasteiger partial charge in [-0.25, -0.2) is 4.79 Å². The zero-order valence-electron chi connectivity index (χ0n) is 17.8. The predicted octanol–water partition coefficient (Wildman–Crippen LogP) is 2.71. The number of fused-ring (bicyclic) bond motifs is 1. The van der Waals surface area contributed by atoms with Gasteiger partial charge in [0.15, 0.2) is 0 Å². The number of carbonyl (C=O) groups is 3. The van der Waals surface area contributed by atoms with Crippen molar-refractivity contribution in [2.24, 2.45) is 0 Å². The Morgan fingerprint density at radius 3 is 2.03 bits per heavy atom. The number of Topliss-reactive ketones (excluding diaryl/α,β-unsaturated/α-hetero) is 2. The van der Waals surface area contributed by atoms with Crippen LogP contribution < -0.4 is 14.2 Å². The van der Waals surface area contributed by atoms with Crippen LogP contribution in [0.25, 0.3) is 0 Å². The van der Waals surface area contributed by atoms with Crippen molar-refractivity contribution in [3.8, 4) is 17.2 Å². The van der Waals surface area contributed by atoms with Gasteiger partial charge in [0.1, 0.15) is 36.0 Å². The van der Waals surface area contributed by atoms with Gasteiger partial charge in [0, 0.05) is 12.1 Å². The first-order chi connectivity index (χ1) is 15.6. The zero-order chi connectivity index (χ0) is 22.5. The Balaban J connectivity index is 0.00000306. The summed E-state index contributed by atoms with van der Waals surface area (Å²) in [7, 11) is 1.07. The fourth-order valence-corrected chi connectivity index (χ4v) is 3.27. The second-order valence-corrected chi connectivity index (χ2v) is 7.06. The molecule has 1 heterocycles. The lowest BCUT2D eigenvalue weighted by Gasteiger charge is -2.13. The summed E-state index contributed by atoms with van der Waals surface area (Å²) in [5.74, 6) is -2.16. The van der Waals surface area contributed by atoms with Crippen LogP contribution in [0, 0.1) is 0 Å². The number of carbonyl (C=O) groups excluding carboxylic acids is 3. The molecular weight excluding hydrogens is 428 g/mol. The molecule has 2 N–H and O–H groups in total. The highest BCUT2D eigenvalue weighted by Gasteiger charge is 2.44. The molecule has 0 saturated heterocycles. The molecule has 0 bridgehead atoms. The summed E-state index contributed by atoms with van der Waals surface area (Å²) in [4.78, 5) is 36.8. The molecule has 4 rings (SSSR count). The molecule has 0 radical (unpaired) electrons. The van der Waals surface area contributed by atoms with Crippen LogP contribution in [0.1, 0.15) is 21.5 Å². The van der Waals surface area contributed by atoms with Crippen LogP contribution in [-0.2, 0) is 27.5 Å². The number of rotatable bonds is 8. The molecule has 0 aromatic heterocycles. The lowest BCUT2D eigenvalue weighted by molar-refractivity contribution is -0.153. The standard InChI is InChI=1S/C25H20O7.H2O/c1-29-25(28)23(27)24-22(26)21-19(31-15-17-10-6-3-7-11-17)12-18(13-20(21)32-24)30-14-16-8-4-2-5-9-16;/h2-13,24H,14-15H2,1H3;1H2. The fourth-order valence-electron chi connectivity index (χ4n) is 3.27. The molecule has 33 heavy (non-hydrogen) atoms. The van der Waals surface area contributed by atoms with Gasteiger partial charge >= 0.3 is 5.97 Å². The third-order valence-electron chi connectivity index (χ3n) is 4.88. The van der Waals surface area contributed by atoms with Crippen molar-refractivity contribution in [2.45, 2.75) is 19.3 Å². The number of esters is 1. The first-order valence-electron chi connectivity index (χ1n) is 9.91. The van der Waals surface area contributed by atoms with Gasteiger partial charge in [-0.15, -0.1) is 0 Å². The van der Waals surface area contributed by atoms with Crippen molar-refractivity contribution >= 4 is 17.5 Å². The Kier molecular flexibility index (Phi) is 7.42. The Hall–Kier alpha value is -4.17.